The molecule has 2 aliphatic rings. The van der Waals surface area contributed by atoms with E-state index in [1.165, 1.54) is 19.2 Å². The molecule has 3 unspecified atom stereocenters. The summed E-state index contributed by atoms with van der Waals surface area (Å²) in [5.41, 5.74) is 0.331. The van der Waals surface area contributed by atoms with Gasteiger partial charge in [-0.25, -0.2) is 4.39 Å². The molecule has 0 bridgehead atoms. The second-order valence-corrected chi connectivity index (χ2v) is 5.63. The van der Waals surface area contributed by atoms with E-state index in [1.54, 1.807) is 11.0 Å². The van der Waals surface area contributed by atoms with Crippen molar-refractivity contribution < 1.29 is 19.0 Å². The van der Waals surface area contributed by atoms with Crippen LogP contribution in [0.15, 0.2) is 18.2 Å². The standard InChI is InChI=1S/C15H18FNO3/c1-20-14-5-3-9(6-12(14)16)15(19)17-7-10-2-4-13(18)11(10)8-17/h3,5-6,10-11,13,18H,2,4,7-8H2,1H3. The van der Waals surface area contributed by atoms with Crippen LogP contribution in [-0.2, 0) is 0 Å². The fourth-order valence-electron chi connectivity index (χ4n) is 3.38. The van der Waals surface area contributed by atoms with Crippen LogP contribution in [0.4, 0.5) is 4.39 Å². The molecule has 4 nitrogen and oxygen atoms in total. The number of nitrogens with zero attached hydrogens (tertiary/aromatic N) is 1. The number of rotatable bonds is 2. The molecule has 1 aromatic rings. The SMILES string of the molecule is COc1ccc(C(=O)N2CC3CCC(O)C3C2)cc1F. The molecule has 1 saturated heterocycles. The molecule has 1 amide bonds. The highest BCUT2D eigenvalue weighted by molar-refractivity contribution is 5.94. The predicted octanol–water partition coefficient (Wildman–Crippen LogP) is 1.68. The van der Waals surface area contributed by atoms with Gasteiger partial charge in [0.25, 0.3) is 5.91 Å². The number of carbonyl (C=O) groups is 1. The number of aliphatic hydroxyl groups is 1. The number of fused-ring (bicyclic) bond motifs is 1. The zero-order valence-electron chi connectivity index (χ0n) is 11.4. The maximum Gasteiger partial charge on any atom is 0.253 e. The number of hydrogen-bond donors (Lipinski definition) is 1. The van der Waals surface area contributed by atoms with Crippen LogP contribution in [0, 0.1) is 17.7 Å². The van der Waals surface area contributed by atoms with Gasteiger partial charge >= 0.3 is 0 Å². The topological polar surface area (TPSA) is 49.8 Å². The van der Waals surface area contributed by atoms with Gasteiger partial charge in [0.2, 0.25) is 0 Å². The molecule has 1 heterocycles. The lowest BCUT2D eigenvalue weighted by Gasteiger charge is -2.18. The smallest absolute Gasteiger partial charge is 0.253 e. The Morgan fingerprint density at radius 3 is 2.85 bits per heavy atom. The van der Waals surface area contributed by atoms with Crippen molar-refractivity contribution in [1.29, 1.82) is 0 Å². The lowest BCUT2D eigenvalue weighted by molar-refractivity contribution is 0.0752. The van der Waals surface area contributed by atoms with Gasteiger partial charge in [0, 0.05) is 24.6 Å². The Balaban J connectivity index is 1.75. The van der Waals surface area contributed by atoms with Gasteiger partial charge in [0.05, 0.1) is 13.2 Å². The summed E-state index contributed by atoms with van der Waals surface area (Å²) in [4.78, 5) is 14.1. The van der Waals surface area contributed by atoms with Crippen molar-refractivity contribution >= 4 is 5.91 Å². The molecule has 2 fully saturated rings. The van der Waals surface area contributed by atoms with Gasteiger partial charge in [0.15, 0.2) is 11.6 Å². The third-order valence-electron chi connectivity index (χ3n) is 4.51. The Kier molecular flexibility index (Phi) is 3.38. The van der Waals surface area contributed by atoms with Crippen molar-refractivity contribution in [3.05, 3.63) is 29.6 Å². The summed E-state index contributed by atoms with van der Waals surface area (Å²) in [6, 6.07) is 4.26. The first-order chi connectivity index (χ1) is 9.60. The number of methoxy groups -OCH3 is 1. The number of ether oxygens (including phenoxy) is 1. The molecule has 3 rings (SSSR count). The van der Waals surface area contributed by atoms with Gasteiger partial charge in [-0.05, 0) is 37.0 Å². The summed E-state index contributed by atoms with van der Waals surface area (Å²) >= 11 is 0. The molecule has 108 valence electrons. The highest BCUT2D eigenvalue weighted by Crippen LogP contribution is 2.38. The van der Waals surface area contributed by atoms with Crippen LogP contribution < -0.4 is 4.74 Å². The summed E-state index contributed by atoms with van der Waals surface area (Å²) in [6.45, 7) is 1.23. The number of benzene rings is 1. The first-order valence-corrected chi connectivity index (χ1v) is 6.91. The van der Waals surface area contributed by atoms with Crippen molar-refractivity contribution in [2.75, 3.05) is 20.2 Å². The Labute approximate surface area is 117 Å². The molecule has 0 aromatic heterocycles. The second kappa shape index (κ2) is 5.05. The number of hydrogen-bond acceptors (Lipinski definition) is 3. The number of aliphatic hydroxyl groups excluding tert-OH is 1. The molecule has 20 heavy (non-hydrogen) atoms. The molecule has 1 aliphatic heterocycles. The molecule has 1 aliphatic carbocycles. The maximum atomic E-state index is 13.7. The molecule has 5 heteroatoms. The molecule has 1 saturated carbocycles. The summed E-state index contributed by atoms with van der Waals surface area (Å²) in [5.74, 6) is 0.000262. The van der Waals surface area contributed by atoms with Crippen LogP contribution in [0.5, 0.6) is 5.75 Å². The summed E-state index contributed by atoms with van der Waals surface area (Å²) in [6.07, 6.45) is 1.49. The minimum absolute atomic E-state index is 0.135. The first-order valence-electron chi connectivity index (χ1n) is 6.91. The second-order valence-electron chi connectivity index (χ2n) is 5.63. The lowest BCUT2D eigenvalue weighted by atomic mass is 10.00. The van der Waals surface area contributed by atoms with Crippen LogP contribution in [-0.4, -0.2) is 42.2 Å². The van der Waals surface area contributed by atoms with Crippen LogP contribution in [0.3, 0.4) is 0 Å². The van der Waals surface area contributed by atoms with Gasteiger partial charge in [-0.1, -0.05) is 0 Å². The van der Waals surface area contributed by atoms with Gasteiger partial charge in [-0.15, -0.1) is 0 Å². The normalized spacial score (nSPS) is 28.6. The van der Waals surface area contributed by atoms with Gasteiger partial charge in [-0.2, -0.15) is 0 Å². The van der Waals surface area contributed by atoms with E-state index in [0.717, 1.165) is 12.8 Å². The largest absolute Gasteiger partial charge is 0.494 e. The summed E-state index contributed by atoms with van der Waals surface area (Å²) in [5, 5.41) is 9.87. The number of halogens is 1. The zero-order valence-corrected chi connectivity index (χ0v) is 11.4. The molecule has 1 aromatic carbocycles. The van der Waals surface area contributed by atoms with Crippen molar-refractivity contribution in [3.63, 3.8) is 0 Å². The van der Waals surface area contributed by atoms with E-state index >= 15 is 0 Å². The van der Waals surface area contributed by atoms with E-state index in [4.69, 9.17) is 4.74 Å². The maximum absolute atomic E-state index is 13.7. The van der Waals surface area contributed by atoms with Gasteiger partial charge in [-0.3, -0.25) is 4.79 Å². The third kappa shape index (κ3) is 2.16. The Bertz CT molecular complexity index is 534. The summed E-state index contributed by atoms with van der Waals surface area (Å²) in [7, 11) is 1.39. The third-order valence-corrected chi connectivity index (χ3v) is 4.51. The van der Waals surface area contributed by atoms with E-state index in [1.807, 2.05) is 0 Å². The number of amides is 1. The Morgan fingerprint density at radius 2 is 2.20 bits per heavy atom. The average Bonchev–Trinajstić information content (AvgIpc) is 3.00. The average molecular weight is 279 g/mol. The highest BCUT2D eigenvalue weighted by Gasteiger charge is 2.43. The predicted molar refractivity (Wildman–Crippen MR) is 71.1 cm³/mol. The van der Waals surface area contributed by atoms with E-state index in [2.05, 4.69) is 0 Å². The molecule has 0 radical (unpaired) electrons. The quantitative estimate of drug-likeness (QED) is 0.896. The van der Waals surface area contributed by atoms with Crippen LogP contribution in [0.25, 0.3) is 0 Å². The highest BCUT2D eigenvalue weighted by atomic mass is 19.1. The van der Waals surface area contributed by atoms with E-state index in [9.17, 15) is 14.3 Å². The van der Waals surface area contributed by atoms with Crippen LogP contribution in [0.2, 0.25) is 0 Å². The Hall–Kier alpha value is -1.62. The van der Waals surface area contributed by atoms with Crippen molar-refractivity contribution in [1.82, 2.24) is 4.90 Å². The van der Waals surface area contributed by atoms with Gasteiger partial charge < -0.3 is 14.7 Å². The fraction of sp³-hybridized carbons (Fsp3) is 0.533. The minimum atomic E-state index is -0.530. The summed E-state index contributed by atoms with van der Waals surface area (Å²) < 4.78 is 18.5. The van der Waals surface area contributed by atoms with E-state index in [0.29, 0.717) is 24.6 Å². The number of likely N-dealkylation sites (tertiary alicyclic amines) is 1. The van der Waals surface area contributed by atoms with Crippen molar-refractivity contribution in [2.45, 2.75) is 18.9 Å². The van der Waals surface area contributed by atoms with Crippen LogP contribution >= 0.6 is 0 Å². The Morgan fingerprint density at radius 1 is 1.40 bits per heavy atom. The number of carbonyl (C=O) groups excluding carboxylic acids is 1. The lowest BCUT2D eigenvalue weighted by Crippen LogP contribution is -2.31. The monoisotopic (exact) mass is 279 g/mol. The molecular formula is C15H18FNO3. The van der Waals surface area contributed by atoms with E-state index in [-0.39, 0.29) is 23.7 Å². The van der Waals surface area contributed by atoms with Crippen molar-refractivity contribution in [2.24, 2.45) is 11.8 Å². The molecular weight excluding hydrogens is 261 g/mol. The first kappa shape index (κ1) is 13.4. The minimum Gasteiger partial charge on any atom is -0.494 e. The van der Waals surface area contributed by atoms with Crippen molar-refractivity contribution in [3.8, 4) is 5.75 Å². The zero-order chi connectivity index (χ0) is 14.3. The molecule has 3 atom stereocenters. The fourth-order valence-corrected chi connectivity index (χ4v) is 3.38. The molecule has 0 spiro atoms. The molecule has 1 N–H and O–H groups in total. The van der Waals surface area contributed by atoms with Crippen LogP contribution in [0.1, 0.15) is 23.2 Å². The van der Waals surface area contributed by atoms with E-state index < -0.39 is 5.82 Å². The van der Waals surface area contributed by atoms with Gasteiger partial charge in [0.1, 0.15) is 0 Å².